The molecule has 5 amide bonds. The van der Waals surface area contributed by atoms with E-state index in [0.717, 1.165) is 69.2 Å². The zero-order chi connectivity index (χ0) is 54.8. The molecule has 76 heavy (non-hydrogen) atoms. The Morgan fingerprint density at radius 1 is 0.882 bits per heavy atom. The summed E-state index contributed by atoms with van der Waals surface area (Å²) in [5.74, 6) is -1.22. The molecule has 0 bridgehead atoms. The van der Waals surface area contributed by atoms with Crippen LogP contribution in [-0.2, 0) is 32.3 Å². The number of benzene rings is 2. The number of amides is 5. The van der Waals surface area contributed by atoms with E-state index in [4.69, 9.17) is 10.4 Å². The van der Waals surface area contributed by atoms with Crippen molar-refractivity contribution in [3.63, 3.8) is 0 Å². The number of H-pyrrole nitrogens is 1. The molecule has 0 radical (unpaired) electrons. The minimum absolute atomic E-state index is 0.0254. The molecular formula is C56H72N12O7S. The molecule has 2 saturated heterocycles. The molecule has 5 heterocycles. The van der Waals surface area contributed by atoms with Crippen molar-refractivity contribution in [3.8, 4) is 21.6 Å². The van der Waals surface area contributed by atoms with Crippen molar-refractivity contribution in [2.75, 3.05) is 56.0 Å². The van der Waals surface area contributed by atoms with Gasteiger partial charge in [-0.1, -0.05) is 45.0 Å². The maximum absolute atomic E-state index is 14.1. The molecule has 404 valence electrons. The van der Waals surface area contributed by atoms with E-state index in [-0.39, 0.29) is 56.4 Å². The molecule has 2 aliphatic heterocycles. The molecule has 2 fully saturated rings. The molecule has 19 nitrogen and oxygen atoms in total. The summed E-state index contributed by atoms with van der Waals surface area (Å²) in [6, 6.07) is 15.4. The number of likely N-dealkylation sites (tertiary alicyclic amines) is 1. The van der Waals surface area contributed by atoms with Crippen LogP contribution in [0.5, 0.6) is 0 Å². The lowest BCUT2D eigenvalue weighted by Crippen LogP contribution is -2.57. The fourth-order valence-electron chi connectivity index (χ4n) is 9.59. The van der Waals surface area contributed by atoms with E-state index in [9.17, 15) is 33.9 Å². The lowest BCUT2D eigenvalue weighted by atomic mass is 9.85. The number of aliphatic hydroxyl groups is 1. The standard InChI is InChI=1S/C56H72N12O7S/c1-33(2)63-45-25-40(24-42(43(45)27-57)52(72)61-30-44-34(3)23-35(4)64-53(44)73)39-13-14-47(59-29-39)67-21-19-66(20-22-67)18-17-58-48(70)15-16-49(71)65-51(56(6,7)8)55(75)68-31-41(69)26-46(68)54(74)60-28-37-9-11-38(12-10-37)50-36(5)62-32-76-50/h9-14,23-25,27,29,32-33,41,46,51,57,63,69H,15-22,26,28,30-31H2,1-8H3,(H,58,70)(H,60,74)(H,61,72)(H,64,73)(H,65,71)/t41-,46+,51-/m1/s1. The molecule has 0 spiro atoms. The fourth-order valence-corrected chi connectivity index (χ4v) is 10.4. The van der Waals surface area contributed by atoms with Gasteiger partial charge in [0.25, 0.3) is 11.5 Å². The predicted octanol–water partition coefficient (Wildman–Crippen LogP) is 5.06. The van der Waals surface area contributed by atoms with Crippen LogP contribution in [0.15, 0.2) is 71.1 Å². The number of aryl methyl sites for hydroxylation is 3. The highest BCUT2D eigenvalue weighted by atomic mass is 32.1. The molecular weight excluding hydrogens is 985 g/mol. The van der Waals surface area contributed by atoms with Gasteiger partial charge in [0.05, 0.1) is 27.7 Å². The Morgan fingerprint density at radius 3 is 2.22 bits per heavy atom. The first-order chi connectivity index (χ1) is 36.2. The van der Waals surface area contributed by atoms with Gasteiger partial charge in [-0.25, -0.2) is 9.97 Å². The van der Waals surface area contributed by atoms with Crippen LogP contribution in [0.25, 0.3) is 21.6 Å². The first kappa shape index (κ1) is 56.4. The van der Waals surface area contributed by atoms with Gasteiger partial charge in [0.1, 0.15) is 17.9 Å². The Hall–Kier alpha value is -7.29. The van der Waals surface area contributed by atoms with E-state index in [1.165, 1.54) is 4.90 Å². The number of anilines is 2. The monoisotopic (exact) mass is 1060 g/mol. The molecule has 3 atom stereocenters. The van der Waals surface area contributed by atoms with Gasteiger partial charge in [-0.3, -0.25) is 33.7 Å². The van der Waals surface area contributed by atoms with E-state index < -0.39 is 47.2 Å². The quantitative estimate of drug-likeness (QED) is 0.0476. The molecule has 3 aromatic heterocycles. The molecule has 2 aromatic carbocycles. The zero-order valence-electron chi connectivity index (χ0n) is 44.8. The minimum atomic E-state index is -1.01. The van der Waals surface area contributed by atoms with Crippen molar-refractivity contribution in [1.29, 1.82) is 5.41 Å². The number of aromatic nitrogens is 3. The second kappa shape index (κ2) is 25.0. The normalized spacial score (nSPS) is 16.3. The number of rotatable bonds is 20. The summed E-state index contributed by atoms with van der Waals surface area (Å²) in [5, 5.41) is 33.8. The van der Waals surface area contributed by atoms with Gasteiger partial charge >= 0.3 is 0 Å². The Balaban J connectivity index is 0.855. The summed E-state index contributed by atoms with van der Waals surface area (Å²) in [6.45, 7) is 19.2. The van der Waals surface area contributed by atoms with Crippen LogP contribution in [-0.4, -0.2) is 136 Å². The first-order valence-corrected chi connectivity index (χ1v) is 26.7. The summed E-state index contributed by atoms with van der Waals surface area (Å²) in [7, 11) is 0. The number of hydrogen-bond acceptors (Lipinski definition) is 14. The van der Waals surface area contributed by atoms with Gasteiger partial charge in [-0.15, -0.1) is 11.3 Å². The van der Waals surface area contributed by atoms with Crippen molar-refractivity contribution >= 4 is 58.6 Å². The van der Waals surface area contributed by atoms with Crippen molar-refractivity contribution in [1.82, 2.24) is 46.0 Å². The van der Waals surface area contributed by atoms with Crippen LogP contribution in [0, 0.1) is 31.6 Å². The van der Waals surface area contributed by atoms with Crippen LogP contribution in [0.2, 0.25) is 0 Å². The molecule has 0 aliphatic carbocycles. The highest BCUT2D eigenvalue weighted by Crippen LogP contribution is 2.31. The number of β-amino-alcohol motifs (C(OH)–C–C–N with tert-alkyl or cyclic N) is 1. The number of hydrogen-bond donors (Lipinski definition) is 8. The van der Waals surface area contributed by atoms with E-state index in [0.29, 0.717) is 48.6 Å². The maximum atomic E-state index is 14.1. The number of nitrogens with one attached hydrogen (secondary N) is 7. The van der Waals surface area contributed by atoms with E-state index in [2.05, 4.69) is 46.4 Å². The molecule has 7 rings (SSSR count). The number of nitrogens with zero attached hydrogens (tertiary/aromatic N) is 5. The van der Waals surface area contributed by atoms with Crippen LogP contribution >= 0.6 is 11.3 Å². The summed E-state index contributed by atoms with van der Waals surface area (Å²) in [5.41, 5.74) is 8.56. The number of aromatic amines is 1. The van der Waals surface area contributed by atoms with Crippen LogP contribution in [0.1, 0.15) is 97.9 Å². The second-order valence-corrected chi connectivity index (χ2v) is 21.9. The summed E-state index contributed by atoms with van der Waals surface area (Å²) < 4.78 is 0. The Kier molecular flexibility index (Phi) is 18.6. The first-order valence-electron chi connectivity index (χ1n) is 25.9. The van der Waals surface area contributed by atoms with Crippen LogP contribution in [0.3, 0.4) is 0 Å². The average molecular weight is 1060 g/mol. The molecule has 0 saturated carbocycles. The van der Waals surface area contributed by atoms with E-state index in [1.54, 1.807) is 29.1 Å². The predicted molar refractivity (Wildman–Crippen MR) is 297 cm³/mol. The molecule has 20 heteroatoms. The second-order valence-electron chi connectivity index (χ2n) is 21.1. The molecule has 2 aliphatic rings. The van der Waals surface area contributed by atoms with Crippen molar-refractivity contribution in [3.05, 3.63) is 116 Å². The summed E-state index contributed by atoms with van der Waals surface area (Å²) in [4.78, 5) is 99.0. The Morgan fingerprint density at radius 2 is 1.59 bits per heavy atom. The van der Waals surface area contributed by atoms with Crippen LogP contribution < -0.4 is 37.0 Å². The number of carbonyl (C=O) groups excluding carboxylic acids is 5. The van der Waals surface area contributed by atoms with Gasteiger partial charge in [-0.05, 0) is 92.6 Å². The number of piperazine rings is 1. The van der Waals surface area contributed by atoms with Gasteiger partial charge < -0.3 is 51.9 Å². The molecule has 5 aromatic rings. The lowest BCUT2D eigenvalue weighted by molar-refractivity contribution is -0.144. The number of thiazole rings is 1. The SMILES string of the molecule is Cc1cc(C)c(CNC(=O)c2cc(-c3ccc(N4CCN(CCNC(=O)CCC(=O)N[C@H](C(=O)N5C[C@H](O)C[C@H]5C(=O)NCc5ccc(-c6scnc6C)cc5)C(C)(C)C)CC4)nc3)cc(NC(C)C)c2C=N)c(=O)[nH]1. The van der Waals surface area contributed by atoms with Gasteiger partial charge in [0.15, 0.2) is 0 Å². The highest BCUT2D eigenvalue weighted by Gasteiger charge is 2.44. The average Bonchev–Trinajstić information content (AvgIpc) is 4.01. The van der Waals surface area contributed by atoms with E-state index >= 15 is 0 Å². The van der Waals surface area contributed by atoms with E-state index in [1.807, 2.05) is 104 Å². The van der Waals surface area contributed by atoms with Gasteiger partial charge in [0.2, 0.25) is 23.6 Å². The third-order valence-electron chi connectivity index (χ3n) is 13.8. The van der Waals surface area contributed by atoms with Crippen LogP contribution in [0.4, 0.5) is 11.5 Å². The third kappa shape index (κ3) is 14.3. The van der Waals surface area contributed by atoms with Crippen molar-refractivity contribution in [2.45, 2.75) is 112 Å². The summed E-state index contributed by atoms with van der Waals surface area (Å²) >= 11 is 1.56. The zero-order valence-corrected chi connectivity index (χ0v) is 45.6. The topological polar surface area (TPSA) is 258 Å². The summed E-state index contributed by atoms with van der Waals surface area (Å²) in [6.07, 6.45) is 1.90. The minimum Gasteiger partial charge on any atom is -0.391 e. The van der Waals surface area contributed by atoms with Gasteiger partial charge in [0, 0.05) is 125 Å². The lowest BCUT2D eigenvalue weighted by Gasteiger charge is -2.35. The van der Waals surface area contributed by atoms with Crippen molar-refractivity contribution in [2.24, 2.45) is 5.41 Å². The molecule has 8 N–H and O–H groups in total. The van der Waals surface area contributed by atoms with Gasteiger partial charge in [-0.2, -0.15) is 0 Å². The number of pyridine rings is 2. The largest absolute Gasteiger partial charge is 0.391 e. The molecule has 0 unspecified atom stereocenters. The smallest absolute Gasteiger partial charge is 0.253 e. The Labute approximate surface area is 448 Å². The van der Waals surface area contributed by atoms with Crippen molar-refractivity contribution < 1.29 is 29.1 Å². The fraction of sp³-hybridized carbons (Fsp3) is 0.446. The Bertz CT molecular complexity index is 2960. The highest BCUT2D eigenvalue weighted by molar-refractivity contribution is 7.13. The maximum Gasteiger partial charge on any atom is 0.253 e. The number of aliphatic hydroxyl groups excluding tert-OH is 1. The number of carbonyl (C=O) groups is 5. The third-order valence-corrected chi connectivity index (χ3v) is 14.7.